The Morgan fingerprint density at radius 3 is 2.95 bits per heavy atom. The van der Waals surface area contributed by atoms with E-state index in [2.05, 4.69) is 20.4 Å². The van der Waals surface area contributed by atoms with E-state index in [1.807, 2.05) is 30.3 Å². The van der Waals surface area contributed by atoms with Crippen molar-refractivity contribution in [3.63, 3.8) is 0 Å². The van der Waals surface area contributed by atoms with E-state index in [1.165, 1.54) is 13.0 Å². The van der Waals surface area contributed by atoms with Crippen LogP contribution in [0.2, 0.25) is 0 Å². The predicted molar refractivity (Wildman–Crippen MR) is 79.5 cm³/mol. The van der Waals surface area contributed by atoms with Crippen molar-refractivity contribution >= 4 is 0 Å². The first-order chi connectivity index (χ1) is 10.4. The van der Waals surface area contributed by atoms with Gasteiger partial charge in [0.2, 0.25) is 11.7 Å². The van der Waals surface area contributed by atoms with Crippen LogP contribution in [0.5, 0.6) is 0 Å². The Hall–Kier alpha value is -1.72. The molecule has 0 spiro atoms. The summed E-state index contributed by atoms with van der Waals surface area (Å²) in [7, 11) is 0. The van der Waals surface area contributed by atoms with Gasteiger partial charge >= 0.3 is 0 Å². The van der Waals surface area contributed by atoms with Crippen molar-refractivity contribution in [2.75, 3.05) is 26.2 Å². The molecular weight excluding hydrogens is 264 g/mol. The monoisotopic (exact) mass is 284 g/mol. The Bertz CT molecular complexity index is 597. The number of hydrogen-bond donors (Lipinski definition) is 1. The topological polar surface area (TPSA) is 54.2 Å². The Kier molecular flexibility index (Phi) is 3.45. The van der Waals surface area contributed by atoms with Gasteiger partial charge in [-0.1, -0.05) is 35.5 Å². The minimum absolute atomic E-state index is 0.683. The molecule has 5 nitrogen and oxygen atoms in total. The van der Waals surface area contributed by atoms with Gasteiger partial charge in [-0.3, -0.25) is 4.90 Å². The second kappa shape index (κ2) is 5.58. The molecule has 0 bridgehead atoms. The van der Waals surface area contributed by atoms with E-state index in [0.29, 0.717) is 5.82 Å². The third-order valence-corrected chi connectivity index (χ3v) is 4.65. The SMILES string of the molecule is c1ccc(-c2noc(CN3CCC4CNCC4C3)n2)cc1. The standard InChI is InChI=1S/C16H20N4O/c1-2-4-12(5-3-1)16-18-15(21-19-16)11-20-7-6-13-8-17-9-14(13)10-20/h1-5,13-14,17H,6-11H2. The maximum atomic E-state index is 5.41. The number of nitrogens with one attached hydrogen (secondary N) is 1. The molecule has 1 aromatic carbocycles. The number of likely N-dealkylation sites (tertiary alicyclic amines) is 1. The smallest absolute Gasteiger partial charge is 0.241 e. The van der Waals surface area contributed by atoms with Crippen LogP contribution in [0, 0.1) is 11.8 Å². The minimum atomic E-state index is 0.683. The Balaban J connectivity index is 1.42. The Morgan fingerprint density at radius 1 is 1.19 bits per heavy atom. The highest BCUT2D eigenvalue weighted by Crippen LogP contribution is 2.27. The van der Waals surface area contributed by atoms with Crippen LogP contribution in [0.25, 0.3) is 11.4 Å². The first-order valence-electron chi connectivity index (χ1n) is 7.69. The first kappa shape index (κ1) is 13.0. The molecule has 0 amide bonds. The molecule has 4 rings (SSSR count). The molecule has 1 N–H and O–H groups in total. The van der Waals surface area contributed by atoms with Crippen LogP contribution >= 0.6 is 0 Å². The van der Waals surface area contributed by atoms with Gasteiger partial charge in [-0.15, -0.1) is 0 Å². The van der Waals surface area contributed by atoms with Gasteiger partial charge in [-0.25, -0.2) is 0 Å². The van der Waals surface area contributed by atoms with E-state index in [4.69, 9.17) is 4.52 Å². The zero-order valence-electron chi connectivity index (χ0n) is 12.0. The lowest BCUT2D eigenvalue weighted by molar-refractivity contribution is 0.128. The molecule has 2 fully saturated rings. The number of piperidine rings is 1. The van der Waals surface area contributed by atoms with Crippen LogP contribution < -0.4 is 5.32 Å². The summed E-state index contributed by atoms with van der Waals surface area (Å²) in [6.45, 7) is 5.38. The van der Waals surface area contributed by atoms with Crippen LogP contribution in [0.4, 0.5) is 0 Å². The van der Waals surface area contributed by atoms with Crippen LogP contribution in [-0.4, -0.2) is 41.2 Å². The van der Waals surface area contributed by atoms with Gasteiger partial charge in [0.15, 0.2) is 0 Å². The Morgan fingerprint density at radius 2 is 2.05 bits per heavy atom. The molecule has 1 aromatic heterocycles. The summed E-state index contributed by atoms with van der Waals surface area (Å²) in [5.74, 6) is 3.06. The summed E-state index contributed by atoms with van der Waals surface area (Å²) in [6.07, 6.45) is 1.28. The van der Waals surface area contributed by atoms with Crippen LogP contribution in [0.1, 0.15) is 12.3 Å². The molecule has 2 saturated heterocycles. The summed E-state index contributed by atoms with van der Waals surface area (Å²) in [4.78, 5) is 6.97. The van der Waals surface area contributed by atoms with Gasteiger partial charge in [0.05, 0.1) is 6.54 Å². The van der Waals surface area contributed by atoms with E-state index in [-0.39, 0.29) is 0 Å². The van der Waals surface area contributed by atoms with Crippen LogP contribution in [0.3, 0.4) is 0 Å². The fourth-order valence-corrected chi connectivity index (χ4v) is 3.47. The summed E-state index contributed by atoms with van der Waals surface area (Å²) in [5, 5.41) is 7.59. The second-order valence-electron chi connectivity index (χ2n) is 6.08. The average Bonchev–Trinajstić information content (AvgIpc) is 3.17. The summed E-state index contributed by atoms with van der Waals surface area (Å²) in [6, 6.07) is 9.98. The number of rotatable bonds is 3. The number of benzene rings is 1. The second-order valence-corrected chi connectivity index (χ2v) is 6.08. The zero-order chi connectivity index (χ0) is 14.1. The minimum Gasteiger partial charge on any atom is -0.338 e. The van der Waals surface area contributed by atoms with Crippen molar-refractivity contribution in [3.05, 3.63) is 36.2 Å². The third kappa shape index (κ3) is 2.71. The van der Waals surface area contributed by atoms with Gasteiger partial charge in [-0.05, 0) is 37.9 Å². The molecule has 2 aliphatic rings. The molecule has 21 heavy (non-hydrogen) atoms. The van der Waals surface area contributed by atoms with Gasteiger partial charge in [0.25, 0.3) is 0 Å². The molecule has 2 aromatic rings. The molecule has 2 aliphatic heterocycles. The van der Waals surface area contributed by atoms with Crippen molar-refractivity contribution < 1.29 is 4.52 Å². The van der Waals surface area contributed by atoms with Crippen molar-refractivity contribution in [2.24, 2.45) is 11.8 Å². The summed E-state index contributed by atoms with van der Waals surface area (Å²) < 4.78 is 5.41. The van der Waals surface area contributed by atoms with E-state index < -0.39 is 0 Å². The molecule has 0 radical (unpaired) electrons. The maximum Gasteiger partial charge on any atom is 0.241 e. The molecule has 0 aliphatic carbocycles. The van der Waals surface area contributed by atoms with Crippen molar-refractivity contribution in [1.82, 2.24) is 20.4 Å². The van der Waals surface area contributed by atoms with E-state index in [1.54, 1.807) is 0 Å². The average molecular weight is 284 g/mol. The van der Waals surface area contributed by atoms with Gasteiger partial charge in [0.1, 0.15) is 0 Å². The normalized spacial score (nSPS) is 25.9. The highest BCUT2D eigenvalue weighted by atomic mass is 16.5. The highest BCUT2D eigenvalue weighted by molar-refractivity contribution is 5.53. The predicted octanol–water partition coefficient (Wildman–Crippen LogP) is 1.78. The van der Waals surface area contributed by atoms with Crippen LogP contribution in [0.15, 0.2) is 34.9 Å². The lowest BCUT2D eigenvalue weighted by Gasteiger charge is -2.33. The number of nitrogens with zero attached hydrogens (tertiary/aromatic N) is 3. The molecule has 2 atom stereocenters. The molecule has 0 saturated carbocycles. The van der Waals surface area contributed by atoms with Gasteiger partial charge < -0.3 is 9.84 Å². The summed E-state index contributed by atoms with van der Waals surface area (Å²) in [5.41, 5.74) is 1.01. The number of hydrogen-bond acceptors (Lipinski definition) is 5. The molecule has 110 valence electrons. The number of aromatic nitrogens is 2. The fourth-order valence-electron chi connectivity index (χ4n) is 3.47. The van der Waals surface area contributed by atoms with Crippen molar-refractivity contribution in [3.8, 4) is 11.4 Å². The third-order valence-electron chi connectivity index (χ3n) is 4.65. The van der Waals surface area contributed by atoms with Crippen molar-refractivity contribution in [2.45, 2.75) is 13.0 Å². The lowest BCUT2D eigenvalue weighted by Crippen LogP contribution is -2.39. The first-order valence-corrected chi connectivity index (χ1v) is 7.69. The summed E-state index contributed by atoms with van der Waals surface area (Å²) >= 11 is 0. The molecular formula is C16H20N4O. The van der Waals surface area contributed by atoms with Crippen LogP contribution in [-0.2, 0) is 6.54 Å². The maximum absolute atomic E-state index is 5.41. The lowest BCUT2D eigenvalue weighted by atomic mass is 9.89. The van der Waals surface area contributed by atoms with Gasteiger partial charge in [-0.2, -0.15) is 4.98 Å². The number of fused-ring (bicyclic) bond motifs is 1. The quantitative estimate of drug-likeness (QED) is 0.931. The van der Waals surface area contributed by atoms with E-state index in [9.17, 15) is 0 Å². The van der Waals surface area contributed by atoms with Crippen molar-refractivity contribution in [1.29, 1.82) is 0 Å². The van der Waals surface area contributed by atoms with E-state index in [0.717, 1.165) is 49.5 Å². The zero-order valence-corrected chi connectivity index (χ0v) is 12.0. The van der Waals surface area contributed by atoms with Gasteiger partial charge in [0, 0.05) is 12.1 Å². The largest absolute Gasteiger partial charge is 0.338 e. The highest BCUT2D eigenvalue weighted by Gasteiger charge is 2.33. The molecule has 2 unspecified atom stereocenters. The molecule has 3 heterocycles. The Labute approximate surface area is 124 Å². The van der Waals surface area contributed by atoms with E-state index >= 15 is 0 Å². The fraction of sp³-hybridized carbons (Fsp3) is 0.500. The molecule has 5 heteroatoms.